The molecule has 2 aromatic carbocycles. The van der Waals surface area contributed by atoms with E-state index in [0.29, 0.717) is 24.0 Å². The second-order valence-corrected chi connectivity index (χ2v) is 7.58. The van der Waals surface area contributed by atoms with Gasteiger partial charge in [0.1, 0.15) is 12.4 Å². The van der Waals surface area contributed by atoms with E-state index in [1.807, 2.05) is 12.1 Å². The minimum atomic E-state index is -0.866. The molecule has 2 unspecified atom stereocenters. The summed E-state index contributed by atoms with van der Waals surface area (Å²) in [7, 11) is 0. The van der Waals surface area contributed by atoms with Gasteiger partial charge in [0.15, 0.2) is 0 Å². The van der Waals surface area contributed by atoms with Gasteiger partial charge in [0.25, 0.3) is 0 Å². The largest absolute Gasteiger partial charge is 0.488 e. The summed E-state index contributed by atoms with van der Waals surface area (Å²) in [4.78, 5) is 11.0. The minimum absolute atomic E-state index is 0.356. The molecule has 4 rings (SSSR count). The molecule has 2 aliphatic rings. The molecule has 0 bridgehead atoms. The summed E-state index contributed by atoms with van der Waals surface area (Å²) in [6.07, 6.45) is 5.78. The van der Waals surface area contributed by atoms with Crippen molar-refractivity contribution in [3.8, 4) is 5.75 Å². The molecule has 0 spiro atoms. The number of hydrogen-bond acceptors (Lipinski definition) is 2. The number of fused-ring (bicyclic) bond motifs is 1. The van der Waals surface area contributed by atoms with Gasteiger partial charge in [0, 0.05) is 5.56 Å². The van der Waals surface area contributed by atoms with Crippen molar-refractivity contribution in [2.24, 2.45) is 5.92 Å². The zero-order chi connectivity index (χ0) is 18.3. The highest BCUT2D eigenvalue weighted by Gasteiger charge is 2.30. The van der Waals surface area contributed by atoms with Gasteiger partial charge in [-0.3, -0.25) is 0 Å². The van der Waals surface area contributed by atoms with Gasteiger partial charge < -0.3 is 9.84 Å². The van der Waals surface area contributed by atoms with Gasteiger partial charge >= 0.3 is 5.97 Å². The average molecular weight is 348 g/mol. The monoisotopic (exact) mass is 348 g/mol. The van der Waals surface area contributed by atoms with Gasteiger partial charge in [-0.2, -0.15) is 0 Å². The fraction of sp³-hybridized carbons (Fsp3) is 0.348. The van der Waals surface area contributed by atoms with E-state index >= 15 is 0 Å². The van der Waals surface area contributed by atoms with Crippen LogP contribution in [0.1, 0.15) is 57.8 Å². The van der Waals surface area contributed by atoms with Crippen molar-refractivity contribution < 1.29 is 14.6 Å². The smallest absolute Gasteiger partial charge is 0.335 e. The van der Waals surface area contributed by atoms with Crippen LogP contribution in [0.4, 0.5) is 0 Å². The molecule has 1 aliphatic carbocycles. The van der Waals surface area contributed by atoms with Gasteiger partial charge in [0.05, 0.1) is 5.56 Å². The molecule has 2 atom stereocenters. The molecule has 1 saturated carbocycles. The molecule has 1 fully saturated rings. The Hall–Kier alpha value is -2.55. The summed E-state index contributed by atoms with van der Waals surface area (Å²) in [5.41, 5.74) is 6.71. The number of ether oxygens (including phenoxy) is 1. The third kappa shape index (κ3) is 3.03. The summed E-state index contributed by atoms with van der Waals surface area (Å²) in [5.74, 6) is 1.22. The molecule has 0 amide bonds. The maximum atomic E-state index is 11.0. The van der Waals surface area contributed by atoms with E-state index in [0.717, 1.165) is 18.6 Å². The van der Waals surface area contributed by atoms with Crippen LogP contribution in [0.3, 0.4) is 0 Å². The lowest BCUT2D eigenvalue weighted by Gasteiger charge is -2.24. The number of hydrogen-bond donors (Lipinski definition) is 1. The molecule has 2 aromatic rings. The van der Waals surface area contributed by atoms with E-state index in [1.165, 1.54) is 34.2 Å². The topological polar surface area (TPSA) is 46.5 Å². The zero-order valence-electron chi connectivity index (χ0n) is 15.3. The number of rotatable bonds is 3. The van der Waals surface area contributed by atoms with E-state index in [2.05, 4.69) is 32.1 Å². The first kappa shape index (κ1) is 16.9. The van der Waals surface area contributed by atoms with Gasteiger partial charge in [-0.15, -0.1) is 0 Å². The fourth-order valence-electron chi connectivity index (χ4n) is 4.32. The van der Waals surface area contributed by atoms with E-state index in [-0.39, 0.29) is 0 Å². The summed E-state index contributed by atoms with van der Waals surface area (Å²) in [6, 6.07) is 11.7. The molecule has 0 saturated heterocycles. The van der Waals surface area contributed by atoms with Crippen molar-refractivity contribution in [2.75, 3.05) is 6.61 Å². The molecule has 0 radical (unpaired) electrons. The molecule has 1 N–H and O–H groups in total. The molecule has 1 aliphatic heterocycles. The van der Waals surface area contributed by atoms with Crippen LogP contribution in [0, 0.1) is 19.8 Å². The van der Waals surface area contributed by atoms with Gasteiger partial charge in [-0.05, 0) is 85.4 Å². The third-order valence-electron chi connectivity index (χ3n) is 5.91. The molecular formula is C23H24O3. The molecule has 3 nitrogen and oxygen atoms in total. The van der Waals surface area contributed by atoms with Crippen molar-refractivity contribution in [2.45, 2.75) is 39.0 Å². The first-order valence-corrected chi connectivity index (χ1v) is 9.29. The lowest BCUT2D eigenvalue weighted by atomic mass is 9.89. The number of aromatic carboxylic acids is 1. The number of carboxylic acid groups (broad SMARTS) is 1. The number of carboxylic acids is 1. The molecule has 134 valence electrons. The van der Waals surface area contributed by atoms with Crippen LogP contribution >= 0.6 is 0 Å². The number of benzene rings is 2. The Morgan fingerprint density at radius 3 is 2.42 bits per heavy atom. The molecule has 26 heavy (non-hydrogen) atoms. The standard InChI is InChI=1S/C23H24O3/c1-14-3-4-15(2)22-21(14)12-20(13-26-22)19-10-9-18(11-19)16-5-7-17(8-6-16)23(24)25/h3-8,12,18-19H,9-11,13H2,1-2H3,(H,24,25). The van der Waals surface area contributed by atoms with Crippen LogP contribution in [0.5, 0.6) is 5.75 Å². The minimum Gasteiger partial charge on any atom is -0.488 e. The highest BCUT2D eigenvalue weighted by molar-refractivity contribution is 5.87. The summed E-state index contributed by atoms with van der Waals surface area (Å²) in [5, 5.41) is 9.05. The Bertz CT molecular complexity index is 877. The van der Waals surface area contributed by atoms with Crippen molar-refractivity contribution in [3.63, 3.8) is 0 Å². The van der Waals surface area contributed by atoms with E-state index in [4.69, 9.17) is 9.84 Å². The number of aryl methyl sites for hydroxylation is 2. The van der Waals surface area contributed by atoms with Crippen LogP contribution in [0.2, 0.25) is 0 Å². The maximum Gasteiger partial charge on any atom is 0.335 e. The summed E-state index contributed by atoms with van der Waals surface area (Å²) >= 11 is 0. The van der Waals surface area contributed by atoms with Crippen molar-refractivity contribution >= 4 is 12.0 Å². The normalized spacial score (nSPS) is 21.7. The third-order valence-corrected chi connectivity index (χ3v) is 5.91. The van der Waals surface area contributed by atoms with E-state index in [1.54, 1.807) is 12.1 Å². The zero-order valence-corrected chi connectivity index (χ0v) is 15.3. The molecule has 0 aromatic heterocycles. The van der Waals surface area contributed by atoms with Crippen molar-refractivity contribution in [3.05, 3.63) is 69.8 Å². The van der Waals surface area contributed by atoms with E-state index < -0.39 is 5.97 Å². The van der Waals surface area contributed by atoms with Crippen molar-refractivity contribution in [1.29, 1.82) is 0 Å². The first-order valence-electron chi connectivity index (χ1n) is 9.29. The van der Waals surface area contributed by atoms with Crippen LogP contribution in [0.25, 0.3) is 6.08 Å². The Labute approximate surface area is 154 Å². The second kappa shape index (κ2) is 6.64. The lowest BCUT2D eigenvalue weighted by molar-refractivity contribution is 0.0697. The summed E-state index contributed by atoms with van der Waals surface area (Å²) in [6.45, 7) is 4.93. The summed E-state index contributed by atoms with van der Waals surface area (Å²) < 4.78 is 6.11. The van der Waals surface area contributed by atoms with Gasteiger partial charge in [0.2, 0.25) is 0 Å². The predicted molar refractivity (Wildman–Crippen MR) is 103 cm³/mol. The molecular weight excluding hydrogens is 324 g/mol. The average Bonchev–Trinajstić information content (AvgIpc) is 3.15. The Balaban J connectivity index is 1.53. The Kier molecular flexibility index (Phi) is 4.31. The Morgan fingerprint density at radius 2 is 1.69 bits per heavy atom. The highest BCUT2D eigenvalue weighted by Crippen LogP contribution is 2.44. The van der Waals surface area contributed by atoms with Crippen LogP contribution in [-0.4, -0.2) is 17.7 Å². The second-order valence-electron chi connectivity index (χ2n) is 7.58. The highest BCUT2D eigenvalue weighted by atomic mass is 16.5. The fourth-order valence-corrected chi connectivity index (χ4v) is 4.32. The lowest BCUT2D eigenvalue weighted by Crippen LogP contribution is -2.14. The van der Waals surface area contributed by atoms with Crippen molar-refractivity contribution in [1.82, 2.24) is 0 Å². The Morgan fingerprint density at radius 1 is 1.00 bits per heavy atom. The van der Waals surface area contributed by atoms with Crippen LogP contribution in [-0.2, 0) is 0 Å². The first-order chi connectivity index (χ1) is 12.5. The van der Waals surface area contributed by atoms with Crippen LogP contribution in [0.15, 0.2) is 42.0 Å². The van der Waals surface area contributed by atoms with Crippen LogP contribution < -0.4 is 4.74 Å². The van der Waals surface area contributed by atoms with Gasteiger partial charge in [-0.1, -0.05) is 24.3 Å². The number of carbonyl (C=O) groups is 1. The maximum absolute atomic E-state index is 11.0. The molecule has 1 heterocycles. The molecule has 3 heteroatoms. The van der Waals surface area contributed by atoms with E-state index in [9.17, 15) is 4.79 Å². The quantitative estimate of drug-likeness (QED) is 0.812. The predicted octanol–water partition coefficient (Wildman–Crippen LogP) is 5.36. The van der Waals surface area contributed by atoms with Gasteiger partial charge in [-0.25, -0.2) is 4.79 Å². The SMILES string of the molecule is Cc1ccc(C)c2c1C=C(C1CCC(c3ccc(C(=O)O)cc3)C1)CO2.